The SMILES string of the molecule is Cc1ccc(-c2c(NC(=O)c3ccc(Cl)cc3)n(-c3ccccc3)nc(C)c2=O)cc1. The lowest BCUT2D eigenvalue weighted by atomic mass is 10.0. The number of aryl methyl sites for hydroxylation is 2. The molecule has 31 heavy (non-hydrogen) atoms. The first-order valence-electron chi connectivity index (χ1n) is 9.77. The van der Waals surface area contributed by atoms with Gasteiger partial charge in [-0.25, -0.2) is 4.68 Å². The van der Waals surface area contributed by atoms with Crippen molar-refractivity contribution >= 4 is 23.3 Å². The molecule has 0 fully saturated rings. The third kappa shape index (κ3) is 4.27. The summed E-state index contributed by atoms with van der Waals surface area (Å²) in [6, 6.07) is 23.6. The van der Waals surface area contributed by atoms with Gasteiger partial charge in [-0.1, -0.05) is 59.6 Å². The highest BCUT2D eigenvalue weighted by Crippen LogP contribution is 2.28. The Kier molecular flexibility index (Phi) is 5.69. The van der Waals surface area contributed by atoms with Crippen molar-refractivity contribution < 1.29 is 4.79 Å². The first kappa shape index (κ1) is 20.6. The van der Waals surface area contributed by atoms with Crippen LogP contribution in [0.5, 0.6) is 0 Å². The van der Waals surface area contributed by atoms with Gasteiger partial charge in [0.2, 0.25) is 5.43 Å². The van der Waals surface area contributed by atoms with Crippen molar-refractivity contribution in [2.75, 3.05) is 5.32 Å². The minimum atomic E-state index is -0.361. The number of amides is 1. The molecule has 4 aromatic rings. The fourth-order valence-corrected chi connectivity index (χ4v) is 3.41. The second-order valence-electron chi connectivity index (χ2n) is 7.21. The average molecular weight is 430 g/mol. The normalized spacial score (nSPS) is 10.7. The van der Waals surface area contributed by atoms with Crippen molar-refractivity contribution in [3.63, 3.8) is 0 Å². The van der Waals surface area contributed by atoms with Crippen molar-refractivity contribution in [3.05, 3.63) is 111 Å². The molecule has 0 saturated carbocycles. The highest BCUT2D eigenvalue weighted by molar-refractivity contribution is 6.30. The Bertz CT molecular complexity index is 1300. The number of rotatable bonds is 4. The zero-order valence-corrected chi connectivity index (χ0v) is 17.9. The number of nitrogens with zero attached hydrogens (tertiary/aromatic N) is 2. The van der Waals surface area contributed by atoms with Gasteiger partial charge in [-0.3, -0.25) is 9.59 Å². The molecule has 3 aromatic carbocycles. The van der Waals surface area contributed by atoms with E-state index in [1.165, 1.54) is 0 Å². The fraction of sp³-hybridized carbons (Fsp3) is 0.0800. The molecule has 154 valence electrons. The zero-order chi connectivity index (χ0) is 22.0. The summed E-state index contributed by atoms with van der Waals surface area (Å²) in [6.07, 6.45) is 0. The van der Waals surface area contributed by atoms with Gasteiger partial charge in [-0.15, -0.1) is 0 Å². The van der Waals surface area contributed by atoms with E-state index in [1.807, 2.05) is 61.5 Å². The Morgan fingerprint density at radius 3 is 2.19 bits per heavy atom. The number of hydrogen-bond acceptors (Lipinski definition) is 3. The van der Waals surface area contributed by atoms with Gasteiger partial charge in [-0.05, 0) is 55.8 Å². The van der Waals surface area contributed by atoms with Crippen molar-refractivity contribution in [2.45, 2.75) is 13.8 Å². The maximum atomic E-state index is 13.2. The minimum Gasteiger partial charge on any atom is -0.306 e. The molecular weight excluding hydrogens is 410 g/mol. The lowest BCUT2D eigenvalue weighted by Crippen LogP contribution is -2.24. The van der Waals surface area contributed by atoms with Gasteiger partial charge < -0.3 is 5.32 Å². The van der Waals surface area contributed by atoms with Crippen molar-refractivity contribution in [1.29, 1.82) is 0 Å². The van der Waals surface area contributed by atoms with E-state index in [0.717, 1.165) is 11.3 Å². The minimum absolute atomic E-state index is 0.234. The van der Waals surface area contributed by atoms with Gasteiger partial charge >= 0.3 is 0 Å². The Labute approximate surface area is 184 Å². The standard InChI is InChI=1S/C25H20ClN3O2/c1-16-8-10-18(11-9-16)22-23(30)17(2)28-29(21-6-4-3-5-7-21)24(22)27-25(31)19-12-14-20(26)15-13-19/h3-15H,1-2H3,(H,27,31). The number of para-hydroxylation sites is 1. The van der Waals surface area contributed by atoms with Crippen molar-refractivity contribution in [1.82, 2.24) is 9.78 Å². The Hall–Kier alpha value is -3.70. The molecular formula is C25H20ClN3O2. The first-order chi connectivity index (χ1) is 14.9. The Morgan fingerprint density at radius 1 is 0.903 bits per heavy atom. The highest BCUT2D eigenvalue weighted by atomic mass is 35.5. The molecule has 0 saturated heterocycles. The number of nitrogens with one attached hydrogen (secondary N) is 1. The molecule has 5 nitrogen and oxygen atoms in total. The summed E-state index contributed by atoms with van der Waals surface area (Å²) in [4.78, 5) is 26.2. The van der Waals surface area contributed by atoms with Crippen LogP contribution in [0.1, 0.15) is 21.6 Å². The van der Waals surface area contributed by atoms with Gasteiger partial charge in [0, 0.05) is 10.6 Å². The molecule has 0 aliphatic carbocycles. The molecule has 0 aliphatic rings. The van der Waals surface area contributed by atoms with Crippen LogP contribution in [0.4, 0.5) is 5.82 Å². The van der Waals surface area contributed by atoms with E-state index in [4.69, 9.17) is 11.6 Å². The monoisotopic (exact) mass is 429 g/mol. The fourth-order valence-electron chi connectivity index (χ4n) is 3.28. The molecule has 0 atom stereocenters. The molecule has 0 radical (unpaired) electrons. The van der Waals surface area contributed by atoms with E-state index in [9.17, 15) is 9.59 Å². The van der Waals surface area contributed by atoms with Gasteiger partial charge in [0.1, 0.15) is 11.5 Å². The zero-order valence-electron chi connectivity index (χ0n) is 17.1. The van der Waals surface area contributed by atoms with Crippen LogP contribution in [-0.4, -0.2) is 15.7 Å². The number of carbonyl (C=O) groups excluding carboxylic acids is 1. The number of carbonyl (C=O) groups is 1. The van der Waals surface area contributed by atoms with Gasteiger partial charge in [0.05, 0.1) is 11.3 Å². The predicted molar refractivity (Wildman–Crippen MR) is 124 cm³/mol. The van der Waals surface area contributed by atoms with E-state index in [1.54, 1.807) is 35.9 Å². The maximum Gasteiger partial charge on any atom is 0.256 e. The topological polar surface area (TPSA) is 64.0 Å². The molecule has 0 bridgehead atoms. The van der Waals surface area contributed by atoms with E-state index in [-0.39, 0.29) is 11.3 Å². The summed E-state index contributed by atoms with van der Waals surface area (Å²) < 4.78 is 1.60. The van der Waals surface area contributed by atoms with Crippen LogP contribution < -0.4 is 10.7 Å². The second kappa shape index (κ2) is 8.58. The number of aromatic nitrogens is 2. The predicted octanol–water partition coefficient (Wildman–Crippen LogP) is 5.42. The molecule has 6 heteroatoms. The van der Waals surface area contributed by atoms with Crippen LogP contribution in [0.25, 0.3) is 16.8 Å². The van der Waals surface area contributed by atoms with Crippen LogP contribution in [0.15, 0.2) is 83.7 Å². The average Bonchev–Trinajstić information content (AvgIpc) is 2.78. The number of hydrogen-bond donors (Lipinski definition) is 1. The molecule has 0 spiro atoms. The van der Waals surface area contributed by atoms with Crippen LogP contribution in [-0.2, 0) is 0 Å². The van der Waals surface area contributed by atoms with E-state index in [2.05, 4.69) is 10.4 Å². The smallest absolute Gasteiger partial charge is 0.256 e. The maximum absolute atomic E-state index is 13.2. The van der Waals surface area contributed by atoms with E-state index in [0.29, 0.717) is 33.2 Å². The van der Waals surface area contributed by atoms with Crippen LogP contribution in [0.3, 0.4) is 0 Å². The largest absolute Gasteiger partial charge is 0.306 e. The molecule has 4 rings (SSSR count). The summed E-state index contributed by atoms with van der Waals surface area (Å²) in [6.45, 7) is 3.65. The molecule has 1 heterocycles. The summed E-state index contributed by atoms with van der Waals surface area (Å²) in [7, 11) is 0. The van der Waals surface area contributed by atoms with Crippen LogP contribution >= 0.6 is 11.6 Å². The lowest BCUT2D eigenvalue weighted by molar-refractivity contribution is 0.102. The van der Waals surface area contributed by atoms with Gasteiger partial charge in [-0.2, -0.15) is 5.10 Å². The molecule has 0 unspecified atom stereocenters. The van der Waals surface area contributed by atoms with Gasteiger partial charge in [0.15, 0.2) is 0 Å². The van der Waals surface area contributed by atoms with Crippen LogP contribution in [0.2, 0.25) is 5.02 Å². The van der Waals surface area contributed by atoms with Crippen molar-refractivity contribution in [2.24, 2.45) is 0 Å². The summed E-state index contributed by atoms with van der Waals surface area (Å²) >= 11 is 5.95. The lowest BCUT2D eigenvalue weighted by Gasteiger charge is -2.18. The Balaban J connectivity index is 1.94. The molecule has 1 amide bonds. The number of halogens is 1. The summed E-state index contributed by atoms with van der Waals surface area (Å²) in [5.74, 6) is -0.0506. The second-order valence-corrected chi connectivity index (χ2v) is 7.65. The Morgan fingerprint density at radius 2 is 1.55 bits per heavy atom. The summed E-state index contributed by atoms with van der Waals surface area (Å²) in [5.41, 5.74) is 3.42. The molecule has 0 aliphatic heterocycles. The first-order valence-corrected chi connectivity index (χ1v) is 10.1. The van der Waals surface area contributed by atoms with Crippen molar-refractivity contribution in [3.8, 4) is 16.8 Å². The quantitative estimate of drug-likeness (QED) is 0.471. The number of anilines is 1. The molecule has 1 aromatic heterocycles. The van der Waals surface area contributed by atoms with Crippen LogP contribution in [0, 0.1) is 13.8 Å². The number of benzene rings is 3. The third-order valence-corrected chi connectivity index (χ3v) is 5.19. The summed E-state index contributed by atoms with van der Waals surface area (Å²) in [5, 5.41) is 7.93. The third-order valence-electron chi connectivity index (χ3n) is 4.93. The van der Waals surface area contributed by atoms with E-state index >= 15 is 0 Å². The highest BCUT2D eigenvalue weighted by Gasteiger charge is 2.20. The molecule has 1 N–H and O–H groups in total. The van der Waals surface area contributed by atoms with E-state index < -0.39 is 0 Å². The van der Waals surface area contributed by atoms with Gasteiger partial charge in [0.25, 0.3) is 5.91 Å².